The van der Waals surface area contributed by atoms with Gasteiger partial charge in [-0.1, -0.05) is 30.3 Å². The molecule has 6 nitrogen and oxygen atoms in total. The summed E-state index contributed by atoms with van der Waals surface area (Å²) in [6.45, 7) is 3.24. The minimum atomic E-state index is -0.0629. The number of carbonyl (C=O) groups excluding carboxylic acids is 2. The van der Waals surface area contributed by atoms with Crippen LogP contribution in [0.15, 0.2) is 42.5 Å². The van der Waals surface area contributed by atoms with Crippen molar-refractivity contribution in [2.75, 3.05) is 19.9 Å². The fourth-order valence-electron chi connectivity index (χ4n) is 4.76. The van der Waals surface area contributed by atoms with Gasteiger partial charge in [-0.3, -0.25) is 9.59 Å². The summed E-state index contributed by atoms with van der Waals surface area (Å²) in [4.78, 5) is 26.6. The molecule has 0 saturated carbocycles. The Bertz CT molecular complexity index is 957. The van der Waals surface area contributed by atoms with E-state index in [9.17, 15) is 9.59 Å². The average molecular weight is 378 g/mol. The number of likely N-dealkylation sites (tertiary alicyclic amines) is 1. The van der Waals surface area contributed by atoms with Gasteiger partial charge in [0.15, 0.2) is 11.5 Å². The molecule has 5 rings (SSSR count). The Labute approximate surface area is 163 Å². The first-order valence-electron chi connectivity index (χ1n) is 9.62. The second-order valence-electron chi connectivity index (χ2n) is 7.73. The van der Waals surface area contributed by atoms with Gasteiger partial charge in [-0.25, -0.2) is 0 Å². The van der Waals surface area contributed by atoms with E-state index in [1.165, 1.54) is 11.1 Å². The SMILES string of the molecule is CC(=O)N1C[C@H]2[C@@H](C1)c1ccccc1[C@@H]2NC(=O)Cc1ccc2c(c1)OCO2. The number of nitrogens with zero attached hydrogens (tertiary/aromatic N) is 1. The molecule has 144 valence electrons. The van der Waals surface area contributed by atoms with E-state index in [2.05, 4.69) is 17.4 Å². The molecule has 1 N–H and O–H groups in total. The number of amides is 2. The Morgan fingerprint density at radius 2 is 1.86 bits per heavy atom. The molecule has 1 fully saturated rings. The van der Waals surface area contributed by atoms with Crippen molar-refractivity contribution in [3.8, 4) is 11.5 Å². The van der Waals surface area contributed by atoms with Crippen LogP contribution < -0.4 is 14.8 Å². The molecule has 2 aromatic carbocycles. The molecular weight excluding hydrogens is 356 g/mol. The molecular formula is C22H22N2O4. The van der Waals surface area contributed by atoms with Crippen molar-refractivity contribution >= 4 is 11.8 Å². The predicted octanol–water partition coefficient (Wildman–Crippen LogP) is 2.39. The molecule has 0 radical (unpaired) electrons. The van der Waals surface area contributed by atoms with Crippen molar-refractivity contribution in [3.63, 3.8) is 0 Å². The maximum Gasteiger partial charge on any atom is 0.231 e. The van der Waals surface area contributed by atoms with Gasteiger partial charge in [0.1, 0.15) is 0 Å². The molecule has 2 amide bonds. The highest BCUT2D eigenvalue weighted by Gasteiger charge is 2.47. The third-order valence-corrected chi connectivity index (χ3v) is 6.09. The molecule has 0 bridgehead atoms. The molecule has 2 heterocycles. The van der Waals surface area contributed by atoms with Gasteiger partial charge < -0.3 is 19.7 Å². The van der Waals surface area contributed by atoms with Crippen LogP contribution in [0.1, 0.15) is 35.6 Å². The second-order valence-corrected chi connectivity index (χ2v) is 7.73. The second kappa shape index (κ2) is 6.55. The van der Waals surface area contributed by atoms with Crippen molar-refractivity contribution in [2.45, 2.75) is 25.3 Å². The molecule has 28 heavy (non-hydrogen) atoms. The lowest BCUT2D eigenvalue weighted by Gasteiger charge is -2.22. The fourth-order valence-corrected chi connectivity index (χ4v) is 4.76. The zero-order valence-corrected chi connectivity index (χ0v) is 15.7. The number of carbonyl (C=O) groups is 2. The Balaban J connectivity index is 1.35. The molecule has 1 aliphatic carbocycles. The summed E-state index contributed by atoms with van der Waals surface area (Å²) in [5.41, 5.74) is 3.32. The van der Waals surface area contributed by atoms with Crippen LogP contribution in [-0.4, -0.2) is 36.6 Å². The molecule has 6 heteroatoms. The number of benzene rings is 2. The van der Waals surface area contributed by atoms with Crippen LogP contribution in [0.5, 0.6) is 11.5 Å². The monoisotopic (exact) mass is 378 g/mol. The molecule has 0 unspecified atom stereocenters. The van der Waals surface area contributed by atoms with E-state index in [-0.39, 0.29) is 42.9 Å². The van der Waals surface area contributed by atoms with Gasteiger partial charge in [-0.2, -0.15) is 0 Å². The summed E-state index contributed by atoms with van der Waals surface area (Å²) in [5.74, 6) is 1.98. The van der Waals surface area contributed by atoms with Crippen molar-refractivity contribution in [1.82, 2.24) is 10.2 Å². The van der Waals surface area contributed by atoms with Gasteiger partial charge in [0.25, 0.3) is 0 Å². The van der Waals surface area contributed by atoms with Crippen molar-refractivity contribution < 1.29 is 19.1 Å². The van der Waals surface area contributed by atoms with Gasteiger partial charge in [0.2, 0.25) is 18.6 Å². The average Bonchev–Trinajstić information content (AvgIpc) is 3.37. The molecule has 0 spiro atoms. The number of fused-ring (bicyclic) bond motifs is 4. The summed E-state index contributed by atoms with van der Waals surface area (Å²) in [5, 5.41) is 3.23. The van der Waals surface area contributed by atoms with E-state index in [1.807, 2.05) is 35.2 Å². The standard InChI is InChI=1S/C22H22N2O4/c1-13(25)24-10-17-15-4-2-3-5-16(15)22(18(17)11-24)23-21(26)9-14-6-7-19-20(8-14)28-12-27-19/h2-8,17-18,22H,9-12H2,1H3,(H,23,26)/t17-,18-,22-/m0/s1. The van der Waals surface area contributed by atoms with E-state index in [4.69, 9.17) is 9.47 Å². The first-order valence-corrected chi connectivity index (χ1v) is 9.62. The number of hydrogen-bond donors (Lipinski definition) is 1. The Hall–Kier alpha value is -3.02. The van der Waals surface area contributed by atoms with Crippen LogP contribution in [-0.2, 0) is 16.0 Å². The normalized spacial score (nSPS) is 24.0. The van der Waals surface area contributed by atoms with E-state index in [1.54, 1.807) is 6.92 Å². The predicted molar refractivity (Wildman–Crippen MR) is 102 cm³/mol. The van der Waals surface area contributed by atoms with Crippen LogP contribution in [0, 0.1) is 5.92 Å². The molecule has 1 saturated heterocycles. The van der Waals surface area contributed by atoms with Crippen LogP contribution in [0.3, 0.4) is 0 Å². The van der Waals surface area contributed by atoms with Crippen molar-refractivity contribution in [2.24, 2.45) is 5.92 Å². The first-order chi connectivity index (χ1) is 13.6. The number of ether oxygens (including phenoxy) is 2. The molecule has 2 aromatic rings. The van der Waals surface area contributed by atoms with Crippen LogP contribution in [0.2, 0.25) is 0 Å². The molecule has 2 aliphatic heterocycles. The van der Waals surface area contributed by atoms with Gasteiger partial charge in [-0.15, -0.1) is 0 Å². The highest BCUT2D eigenvalue weighted by Crippen LogP contribution is 2.49. The van der Waals surface area contributed by atoms with Gasteiger partial charge in [0.05, 0.1) is 12.5 Å². The summed E-state index contributed by atoms with van der Waals surface area (Å²) in [6, 6.07) is 13.8. The van der Waals surface area contributed by atoms with E-state index in [0.29, 0.717) is 18.0 Å². The van der Waals surface area contributed by atoms with Crippen molar-refractivity contribution in [1.29, 1.82) is 0 Å². The topological polar surface area (TPSA) is 67.9 Å². The quantitative estimate of drug-likeness (QED) is 0.891. The maximum atomic E-state index is 12.8. The highest BCUT2D eigenvalue weighted by atomic mass is 16.7. The maximum absolute atomic E-state index is 12.8. The van der Waals surface area contributed by atoms with E-state index >= 15 is 0 Å². The Morgan fingerprint density at radius 3 is 2.68 bits per heavy atom. The Morgan fingerprint density at radius 1 is 1.07 bits per heavy atom. The number of hydrogen-bond acceptors (Lipinski definition) is 4. The van der Waals surface area contributed by atoms with Gasteiger partial charge >= 0.3 is 0 Å². The summed E-state index contributed by atoms with van der Waals surface area (Å²) < 4.78 is 10.7. The number of nitrogens with one attached hydrogen (secondary N) is 1. The fraction of sp³-hybridized carbons (Fsp3) is 0.364. The lowest BCUT2D eigenvalue weighted by atomic mass is 9.94. The number of rotatable bonds is 3. The Kier molecular flexibility index (Phi) is 4.00. The summed E-state index contributed by atoms with van der Waals surface area (Å²) in [7, 11) is 0. The van der Waals surface area contributed by atoms with Gasteiger partial charge in [0, 0.05) is 31.8 Å². The van der Waals surface area contributed by atoms with E-state index in [0.717, 1.165) is 12.1 Å². The molecule has 3 aliphatic rings. The summed E-state index contributed by atoms with van der Waals surface area (Å²) >= 11 is 0. The zero-order valence-electron chi connectivity index (χ0n) is 15.7. The third-order valence-electron chi connectivity index (χ3n) is 6.09. The van der Waals surface area contributed by atoms with E-state index < -0.39 is 0 Å². The van der Waals surface area contributed by atoms with Crippen LogP contribution >= 0.6 is 0 Å². The van der Waals surface area contributed by atoms with Crippen molar-refractivity contribution in [3.05, 3.63) is 59.2 Å². The lowest BCUT2D eigenvalue weighted by Crippen LogP contribution is -2.35. The highest BCUT2D eigenvalue weighted by molar-refractivity contribution is 5.80. The third kappa shape index (κ3) is 2.80. The first kappa shape index (κ1) is 17.1. The zero-order chi connectivity index (χ0) is 19.3. The smallest absolute Gasteiger partial charge is 0.231 e. The van der Waals surface area contributed by atoms with Gasteiger partial charge in [-0.05, 0) is 28.8 Å². The molecule has 3 atom stereocenters. The molecule has 0 aromatic heterocycles. The van der Waals surface area contributed by atoms with Crippen LogP contribution in [0.25, 0.3) is 0 Å². The van der Waals surface area contributed by atoms with Crippen LogP contribution in [0.4, 0.5) is 0 Å². The minimum absolute atomic E-state index is 0.0272. The lowest BCUT2D eigenvalue weighted by molar-refractivity contribution is -0.128. The minimum Gasteiger partial charge on any atom is -0.454 e. The summed E-state index contributed by atoms with van der Waals surface area (Å²) in [6.07, 6.45) is 0.281. The largest absolute Gasteiger partial charge is 0.454 e.